The van der Waals surface area contributed by atoms with E-state index in [1.54, 1.807) is 30.3 Å². The van der Waals surface area contributed by atoms with Crippen LogP contribution in [-0.4, -0.2) is 4.98 Å². The number of nitrogen functional groups attached to an aromatic ring is 1. The molecule has 2 aromatic carbocycles. The molecule has 3 aromatic rings. The van der Waals surface area contributed by atoms with Crippen LogP contribution in [0.4, 0.5) is 10.1 Å². The minimum Gasteiger partial charge on any atom is -0.434 e. The highest BCUT2D eigenvalue weighted by molar-refractivity contribution is 6.31. The van der Waals surface area contributed by atoms with Gasteiger partial charge in [0.15, 0.2) is 5.58 Å². The van der Waals surface area contributed by atoms with Crippen LogP contribution in [0.5, 0.6) is 0 Å². The van der Waals surface area contributed by atoms with E-state index in [4.69, 9.17) is 21.8 Å². The third-order valence-corrected chi connectivity index (χ3v) is 2.81. The van der Waals surface area contributed by atoms with E-state index in [1.807, 2.05) is 0 Å². The highest BCUT2D eigenvalue weighted by atomic mass is 35.5. The lowest BCUT2D eigenvalue weighted by atomic mass is 10.2. The molecule has 0 fully saturated rings. The number of halogens is 2. The van der Waals surface area contributed by atoms with Crippen molar-refractivity contribution < 1.29 is 8.81 Å². The van der Waals surface area contributed by atoms with Crippen LogP contribution >= 0.6 is 11.6 Å². The van der Waals surface area contributed by atoms with E-state index in [0.717, 1.165) is 0 Å². The third kappa shape index (κ3) is 1.71. The Morgan fingerprint density at radius 2 is 2.00 bits per heavy atom. The van der Waals surface area contributed by atoms with Crippen LogP contribution in [0.2, 0.25) is 5.02 Å². The Morgan fingerprint density at radius 1 is 1.22 bits per heavy atom. The van der Waals surface area contributed by atoms with Crippen LogP contribution in [0.3, 0.4) is 0 Å². The first-order valence-corrected chi connectivity index (χ1v) is 5.63. The number of rotatable bonds is 1. The second-order valence-corrected chi connectivity index (χ2v) is 4.28. The van der Waals surface area contributed by atoms with Crippen molar-refractivity contribution in [2.24, 2.45) is 0 Å². The van der Waals surface area contributed by atoms with Crippen molar-refractivity contribution in [2.75, 3.05) is 5.73 Å². The van der Waals surface area contributed by atoms with Gasteiger partial charge in [0.25, 0.3) is 0 Å². The highest BCUT2D eigenvalue weighted by Gasteiger charge is 2.14. The van der Waals surface area contributed by atoms with Crippen LogP contribution in [-0.2, 0) is 0 Å². The maximum absolute atomic E-state index is 13.6. The first-order valence-electron chi connectivity index (χ1n) is 5.25. The maximum atomic E-state index is 13.6. The monoisotopic (exact) mass is 262 g/mol. The van der Waals surface area contributed by atoms with E-state index in [1.165, 1.54) is 6.07 Å². The smallest absolute Gasteiger partial charge is 0.230 e. The van der Waals surface area contributed by atoms with Crippen molar-refractivity contribution >= 4 is 28.4 Å². The van der Waals surface area contributed by atoms with Crippen LogP contribution in [0.1, 0.15) is 0 Å². The molecule has 0 spiro atoms. The van der Waals surface area contributed by atoms with Gasteiger partial charge in [-0.3, -0.25) is 0 Å². The van der Waals surface area contributed by atoms with Gasteiger partial charge in [0.05, 0.1) is 11.3 Å². The molecule has 0 radical (unpaired) electrons. The van der Waals surface area contributed by atoms with E-state index in [2.05, 4.69) is 4.98 Å². The number of aromatic nitrogens is 1. The van der Waals surface area contributed by atoms with Crippen molar-refractivity contribution in [3.05, 3.63) is 47.2 Å². The minimum absolute atomic E-state index is 0.192. The van der Waals surface area contributed by atoms with Gasteiger partial charge in [0.1, 0.15) is 11.3 Å². The SMILES string of the molecule is Nc1cc(Cl)cc2nc(-c3ccccc3F)oc12. The number of hydrogen-bond acceptors (Lipinski definition) is 3. The predicted molar refractivity (Wildman–Crippen MR) is 68.8 cm³/mol. The second-order valence-electron chi connectivity index (χ2n) is 3.84. The van der Waals surface area contributed by atoms with E-state index >= 15 is 0 Å². The number of hydrogen-bond donors (Lipinski definition) is 1. The third-order valence-electron chi connectivity index (χ3n) is 2.59. The zero-order chi connectivity index (χ0) is 12.7. The van der Waals surface area contributed by atoms with Gasteiger partial charge >= 0.3 is 0 Å². The summed E-state index contributed by atoms with van der Waals surface area (Å²) in [5.74, 6) is -0.203. The zero-order valence-corrected chi connectivity index (χ0v) is 9.91. The molecular weight excluding hydrogens is 255 g/mol. The Morgan fingerprint density at radius 3 is 2.78 bits per heavy atom. The summed E-state index contributed by atoms with van der Waals surface area (Å²) in [6.45, 7) is 0. The van der Waals surface area contributed by atoms with Gasteiger partial charge in [-0.15, -0.1) is 0 Å². The molecule has 0 atom stereocenters. The van der Waals surface area contributed by atoms with Gasteiger partial charge in [-0.25, -0.2) is 9.37 Å². The molecule has 0 bridgehead atoms. The molecule has 0 unspecified atom stereocenters. The number of benzene rings is 2. The summed E-state index contributed by atoms with van der Waals surface area (Å²) in [5, 5.41) is 0.466. The average Bonchev–Trinajstić information content (AvgIpc) is 2.73. The Hall–Kier alpha value is -2.07. The topological polar surface area (TPSA) is 52.0 Å². The lowest BCUT2D eigenvalue weighted by Gasteiger charge is -1.96. The van der Waals surface area contributed by atoms with Crippen LogP contribution in [0.15, 0.2) is 40.8 Å². The molecular formula is C13H8ClFN2O. The molecule has 0 amide bonds. The first-order chi connectivity index (χ1) is 8.65. The summed E-state index contributed by atoms with van der Waals surface area (Å²) in [7, 11) is 0. The molecule has 0 aliphatic carbocycles. The molecule has 5 heteroatoms. The molecule has 0 aliphatic heterocycles. The summed E-state index contributed by atoms with van der Waals surface area (Å²) in [4.78, 5) is 4.19. The Kier molecular flexibility index (Phi) is 2.45. The molecule has 0 aliphatic rings. The number of fused-ring (bicyclic) bond motifs is 1. The molecule has 2 N–H and O–H groups in total. The fourth-order valence-electron chi connectivity index (χ4n) is 1.77. The van der Waals surface area contributed by atoms with Crippen molar-refractivity contribution in [1.29, 1.82) is 0 Å². The molecule has 1 heterocycles. The Bertz CT molecular complexity index is 739. The van der Waals surface area contributed by atoms with Gasteiger partial charge < -0.3 is 10.2 Å². The van der Waals surface area contributed by atoms with Crippen LogP contribution < -0.4 is 5.73 Å². The quantitative estimate of drug-likeness (QED) is 0.677. The zero-order valence-electron chi connectivity index (χ0n) is 9.15. The second kappa shape index (κ2) is 3.99. The first kappa shape index (κ1) is 11.0. The van der Waals surface area contributed by atoms with Gasteiger partial charge in [0, 0.05) is 5.02 Å². The van der Waals surface area contributed by atoms with Gasteiger partial charge in [-0.05, 0) is 24.3 Å². The van der Waals surface area contributed by atoms with E-state index in [0.29, 0.717) is 27.4 Å². The molecule has 18 heavy (non-hydrogen) atoms. The highest BCUT2D eigenvalue weighted by Crippen LogP contribution is 2.31. The Labute approximate surface area is 107 Å². The van der Waals surface area contributed by atoms with E-state index in [-0.39, 0.29) is 5.89 Å². The summed E-state index contributed by atoms with van der Waals surface area (Å²) in [6, 6.07) is 9.45. The van der Waals surface area contributed by atoms with Gasteiger partial charge in [0.2, 0.25) is 5.89 Å². The number of anilines is 1. The normalized spacial score (nSPS) is 11.0. The molecule has 1 aromatic heterocycles. The van der Waals surface area contributed by atoms with E-state index in [9.17, 15) is 4.39 Å². The van der Waals surface area contributed by atoms with Crippen molar-refractivity contribution in [1.82, 2.24) is 4.98 Å². The van der Waals surface area contributed by atoms with Gasteiger partial charge in [-0.1, -0.05) is 23.7 Å². The van der Waals surface area contributed by atoms with E-state index < -0.39 is 5.82 Å². The lowest BCUT2D eigenvalue weighted by molar-refractivity contribution is 0.594. The fourth-order valence-corrected chi connectivity index (χ4v) is 1.99. The van der Waals surface area contributed by atoms with Crippen molar-refractivity contribution in [2.45, 2.75) is 0 Å². The maximum Gasteiger partial charge on any atom is 0.230 e. The molecule has 3 nitrogen and oxygen atoms in total. The van der Waals surface area contributed by atoms with Crippen molar-refractivity contribution in [3.63, 3.8) is 0 Å². The average molecular weight is 263 g/mol. The predicted octanol–water partition coefficient (Wildman–Crippen LogP) is 3.87. The summed E-state index contributed by atoms with van der Waals surface area (Å²) in [5.41, 5.74) is 7.38. The minimum atomic E-state index is -0.395. The van der Waals surface area contributed by atoms with Gasteiger partial charge in [-0.2, -0.15) is 0 Å². The summed E-state index contributed by atoms with van der Waals surface area (Å²) < 4.78 is 19.1. The fraction of sp³-hybridized carbons (Fsp3) is 0. The molecule has 3 rings (SSSR count). The molecule has 0 saturated carbocycles. The summed E-state index contributed by atoms with van der Waals surface area (Å²) in [6.07, 6.45) is 0. The number of nitrogens with two attached hydrogens (primary N) is 1. The standard InChI is InChI=1S/C13H8ClFN2O/c14-7-5-10(16)12-11(6-7)17-13(18-12)8-3-1-2-4-9(8)15/h1-6H,16H2. The summed E-state index contributed by atoms with van der Waals surface area (Å²) >= 11 is 5.87. The Balaban J connectivity index is 2.26. The number of oxazole rings is 1. The van der Waals surface area contributed by atoms with Crippen LogP contribution in [0.25, 0.3) is 22.6 Å². The molecule has 90 valence electrons. The largest absolute Gasteiger partial charge is 0.434 e. The van der Waals surface area contributed by atoms with Crippen LogP contribution in [0, 0.1) is 5.82 Å². The van der Waals surface area contributed by atoms with Crippen molar-refractivity contribution in [3.8, 4) is 11.5 Å². The lowest BCUT2D eigenvalue weighted by Crippen LogP contribution is -1.84. The molecule has 0 saturated heterocycles. The number of nitrogens with zero attached hydrogens (tertiary/aromatic N) is 1.